The Hall–Kier alpha value is -3.91. The summed E-state index contributed by atoms with van der Waals surface area (Å²) < 4.78 is 5.74. The van der Waals surface area contributed by atoms with Gasteiger partial charge >= 0.3 is 0 Å². The minimum Gasteiger partial charge on any atom is -0.457 e. The molecule has 0 spiro atoms. The molecule has 4 N–H and O–H groups in total. The van der Waals surface area contributed by atoms with Crippen molar-refractivity contribution in [2.75, 3.05) is 12.3 Å². The zero-order chi connectivity index (χ0) is 22.4. The molecule has 3 aromatic carbocycles. The van der Waals surface area contributed by atoms with Crippen LogP contribution in [0.15, 0.2) is 66.7 Å². The number of hydrogen-bond donors (Lipinski definition) is 3. The molecule has 0 saturated carbocycles. The average Bonchev–Trinajstić information content (AvgIpc) is 2.78. The number of nitro groups is 1. The average molecular weight is 421 g/mol. The smallest absolute Gasteiger partial charge is 0.272 e. The number of nitrogens with one attached hydrogen (secondary N) is 1. The number of non-ortho nitro benzene ring substituents is 1. The molecule has 1 amide bonds. The van der Waals surface area contributed by atoms with Gasteiger partial charge in [-0.3, -0.25) is 14.9 Å². The minimum atomic E-state index is -0.605. The van der Waals surface area contributed by atoms with E-state index in [1.807, 2.05) is 42.5 Å². The number of nitro benzene ring substituents is 1. The molecule has 0 radical (unpaired) electrons. The quantitative estimate of drug-likeness (QED) is 0.287. The molecule has 0 aliphatic rings. The molecule has 1 atom stereocenters. The minimum absolute atomic E-state index is 0.0808. The number of benzene rings is 3. The van der Waals surface area contributed by atoms with Crippen LogP contribution in [0.1, 0.15) is 34.3 Å². The van der Waals surface area contributed by atoms with Gasteiger partial charge in [0.25, 0.3) is 11.6 Å². The lowest BCUT2D eigenvalue weighted by Gasteiger charge is -2.17. The number of aliphatic hydroxyl groups excluding tert-OH is 1. The second kappa shape index (κ2) is 9.73. The number of para-hydroxylation sites is 1. The molecule has 8 heteroatoms. The highest BCUT2D eigenvalue weighted by molar-refractivity contribution is 5.98. The second-order valence-electron chi connectivity index (χ2n) is 7.08. The van der Waals surface area contributed by atoms with E-state index >= 15 is 0 Å². The van der Waals surface area contributed by atoms with Crippen molar-refractivity contribution in [2.24, 2.45) is 0 Å². The molecule has 1 unspecified atom stereocenters. The number of aliphatic hydroxyl groups is 1. The highest BCUT2D eigenvalue weighted by Crippen LogP contribution is 2.31. The third kappa shape index (κ3) is 5.37. The number of nitrogen functional groups attached to an aromatic ring is 1. The van der Waals surface area contributed by atoms with Crippen molar-refractivity contribution in [3.63, 3.8) is 0 Å². The summed E-state index contributed by atoms with van der Waals surface area (Å²) in [6, 6.07) is 19.0. The predicted octanol–water partition coefficient (Wildman–Crippen LogP) is 4.00. The second-order valence-corrected chi connectivity index (χ2v) is 7.08. The van der Waals surface area contributed by atoms with Gasteiger partial charge in [-0.1, -0.05) is 37.3 Å². The summed E-state index contributed by atoms with van der Waals surface area (Å²) in [5.74, 6) is 0.426. The summed E-state index contributed by atoms with van der Waals surface area (Å²) >= 11 is 0. The number of nitrogens with zero attached hydrogens (tertiary/aromatic N) is 1. The SMILES string of the molecule is CC(CO)c1c(N)cc([N+](=O)[O-])cc1C(=O)NCc1ccc(Oc2ccccc2)cc1. The monoisotopic (exact) mass is 421 g/mol. The van der Waals surface area contributed by atoms with Crippen molar-refractivity contribution < 1.29 is 19.6 Å². The molecule has 0 aliphatic carbocycles. The van der Waals surface area contributed by atoms with Gasteiger partial charge in [0.2, 0.25) is 0 Å². The van der Waals surface area contributed by atoms with Crippen molar-refractivity contribution >= 4 is 17.3 Å². The van der Waals surface area contributed by atoms with Crippen molar-refractivity contribution in [3.05, 3.63) is 93.5 Å². The first-order valence-electron chi connectivity index (χ1n) is 9.67. The summed E-state index contributed by atoms with van der Waals surface area (Å²) in [7, 11) is 0. The molecule has 0 heterocycles. The van der Waals surface area contributed by atoms with Gasteiger partial charge in [0.05, 0.1) is 10.5 Å². The zero-order valence-corrected chi connectivity index (χ0v) is 16.9. The van der Waals surface area contributed by atoms with Crippen LogP contribution in [-0.2, 0) is 6.54 Å². The molecule has 31 heavy (non-hydrogen) atoms. The van der Waals surface area contributed by atoms with E-state index in [2.05, 4.69) is 5.32 Å². The molecule has 160 valence electrons. The van der Waals surface area contributed by atoms with Crippen LogP contribution in [0.5, 0.6) is 11.5 Å². The van der Waals surface area contributed by atoms with Crippen molar-refractivity contribution in [2.45, 2.75) is 19.4 Å². The Morgan fingerprint density at radius 3 is 2.39 bits per heavy atom. The third-order valence-corrected chi connectivity index (χ3v) is 4.77. The highest BCUT2D eigenvalue weighted by Gasteiger charge is 2.23. The molecular weight excluding hydrogens is 398 g/mol. The van der Waals surface area contributed by atoms with Gasteiger partial charge in [-0.2, -0.15) is 0 Å². The van der Waals surface area contributed by atoms with Crippen LogP contribution in [0.25, 0.3) is 0 Å². The van der Waals surface area contributed by atoms with E-state index in [1.54, 1.807) is 19.1 Å². The summed E-state index contributed by atoms with van der Waals surface area (Å²) in [6.45, 7) is 1.66. The van der Waals surface area contributed by atoms with Gasteiger partial charge < -0.3 is 20.9 Å². The van der Waals surface area contributed by atoms with E-state index in [1.165, 1.54) is 12.1 Å². The number of anilines is 1. The molecule has 0 aromatic heterocycles. The van der Waals surface area contributed by atoms with E-state index in [-0.39, 0.29) is 30.1 Å². The molecule has 0 bridgehead atoms. The normalized spacial score (nSPS) is 11.5. The number of rotatable bonds is 8. The number of amides is 1. The molecule has 8 nitrogen and oxygen atoms in total. The maximum absolute atomic E-state index is 12.8. The molecule has 3 aromatic rings. The number of nitrogens with two attached hydrogens (primary N) is 1. The highest BCUT2D eigenvalue weighted by atomic mass is 16.6. The summed E-state index contributed by atoms with van der Waals surface area (Å²) in [4.78, 5) is 23.4. The van der Waals surface area contributed by atoms with Crippen molar-refractivity contribution in [1.29, 1.82) is 0 Å². The van der Waals surface area contributed by atoms with Crippen LogP contribution in [0.3, 0.4) is 0 Å². The summed E-state index contributed by atoms with van der Waals surface area (Å²) in [5, 5.41) is 23.4. The zero-order valence-electron chi connectivity index (χ0n) is 16.9. The molecule has 3 rings (SSSR count). The molecule has 0 fully saturated rings. The number of hydrogen-bond acceptors (Lipinski definition) is 6. The Morgan fingerprint density at radius 1 is 1.13 bits per heavy atom. The first kappa shape index (κ1) is 21.8. The fraction of sp³-hybridized carbons (Fsp3) is 0.174. The van der Waals surface area contributed by atoms with E-state index in [0.29, 0.717) is 11.3 Å². The Morgan fingerprint density at radius 2 is 1.77 bits per heavy atom. The van der Waals surface area contributed by atoms with Crippen LogP contribution >= 0.6 is 0 Å². The Balaban J connectivity index is 1.73. The van der Waals surface area contributed by atoms with Gasteiger partial charge in [0, 0.05) is 36.9 Å². The van der Waals surface area contributed by atoms with Crippen LogP contribution in [0.2, 0.25) is 0 Å². The van der Waals surface area contributed by atoms with Gasteiger partial charge in [-0.15, -0.1) is 0 Å². The molecule has 0 saturated heterocycles. The Labute approximate surface area is 179 Å². The maximum Gasteiger partial charge on any atom is 0.272 e. The van der Waals surface area contributed by atoms with Gasteiger partial charge in [0.1, 0.15) is 11.5 Å². The largest absolute Gasteiger partial charge is 0.457 e. The lowest BCUT2D eigenvalue weighted by Crippen LogP contribution is -2.25. The summed E-state index contributed by atoms with van der Waals surface area (Å²) in [5.41, 5.74) is 7.06. The van der Waals surface area contributed by atoms with Crippen molar-refractivity contribution in [1.82, 2.24) is 5.32 Å². The van der Waals surface area contributed by atoms with Crippen LogP contribution in [0.4, 0.5) is 11.4 Å². The number of carbonyl (C=O) groups is 1. The van der Waals surface area contributed by atoms with E-state index in [0.717, 1.165) is 11.3 Å². The topological polar surface area (TPSA) is 128 Å². The maximum atomic E-state index is 12.8. The number of carbonyl (C=O) groups excluding carboxylic acids is 1. The lowest BCUT2D eigenvalue weighted by atomic mass is 9.93. The van der Waals surface area contributed by atoms with Gasteiger partial charge in [0.15, 0.2) is 0 Å². The van der Waals surface area contributed by atoms with E-state index < -0.39 is 16.7 Å². The van der Waals surface area contributed by atoms with Crippen LogP contribution in [-0.4, -0.2) is 22.5 Å². The standard InChI is InChI=1S/C23H23N3O5/c1-15(14-27)22-20(11-17(26(29)30)12-21(22)24)23(28)25-13-16-7-9-19(10-8-16)31-18-5-3-2-4-6-18/h2-12,15,27H,13-14,24H2,1H3,(H,25,28). The van der Waals surface area contributed by atoms with Crippen LogP contribution < -0.4 is 15.8 Å². The molecule has 0 aliphatic heterocycles. The molecular formula is C23H23N3O5. The first-order chi connectivity index (χ1) is 14.9. The fourth-order valence-corrected chi connectivity index (χ4v) is 3.17. The first-order valence-corrected chi connectivity index (χ1v) is 9.67. The summed E-state index contributed by atoms with van der Waals surface area (Å²) in [6.07, 6.45) is 0. The number of ether oxygens (including phenoxy) is 1. The lowest BCUT2D eigenvalue weighted by molar-refractivity contribution is -0.384. The Kier molecular flexibility index (Phi) is 6.84. The van der Waals surface area contributed by atoms with Crippen molar-refractivity contribution in [3.8, 4) is 11.5 Å². The predicted molar refractivity (Wildman–Crippen MR) is 117 cm³/mol. The fourth-order valence-electron chi connectivity index (χ4n) is 3.17. The van der Waals surface area contributed by atoms with Gasteiger partial charge in [-0.05, 0) is 35.4 Å². The van der Waals surface area contributed by atoms with E-state index in [9.17, 15) is 20.0 Å². The van der Waals surface area contributed by atoms with E-state index in [4.69, 9.17) is 10.5 Å². The van der Waals surface area contributed by atoms with Gasteiger partial charge in [-0.25, -0.2) is 0 Å². The van der Waals surface area contributed by atoms with Crippen LogP contribution in [0, 0.1) is 10.1 Å². The Bertz CT molecular complexity index is 1070. The third-order valence-electron chi connectivity index (χ3n) is 4.77.